The second-order valence-corrected chi connectivity index (χ2v) is 10.1. The lowest BCUT2D eigenvalue weighted by molar-refractivity contribution is 0.435. The van der Waals surface area contributed by atoms with Crippen LogP contribution < -0.4 is 0 Å². The molecule has 0 aliphatic heterocycles. The summed E-state index contributed by atoms with van der Waals surface area (Å²) in [6.45, 7) is 2.29. The van der Waals surface area contributed by atoms with Gasteiger partial charge < -0.3 is 0 Å². The van der Waals surface area contributed by atoms with Crippen LogP contribution in [0.25, 0.3) is 0 Å². The van der Waals surface area contributed by atoms with E-state index in [2.05, 4.69) is 70.6 Å². The van der Waals surface area contributed by atoms with Gasteiger partial charge in [-0.1, -0.05) is 89.3 Å². The Kier molecular flexibility index (Phi) is 9.11. The van der Waals surface area contributed by atoms with Crippen molar-refractivity contribution in [3.05, 3.63) is 0 Å². The van der Waals surface area contributed by atoms with Crippen LogP contribution in [0.5, 0.6) is 0 Å². The maximum atomic E-state index is 6.28. The summed E-state index contributed by atoms with van der Waals surface area (Å²) in [6, 6.07) is 0. The predicted molar refractivity (Wildman–Crippen MR) is 97.2 cm³/mol. The number of hydrogen-bond donors (Lipinski definition) is 0. The average molecular weight is 508 g/mol. The third kappa shape index (κ3) is 6.18. The molecule has 1 saturated carbocycles. The Labute approximate surface area is 147 Å². The molecular formula is C13H21BBr4. The maximum absolute atomic E-state index is 6.28. The summed E-state index contributed by atoms with van der Waals surface area (Å²) in [4.78, 5) is 2.18. The molecular weight excluding hydrogens is 487 g/mol. The SMILES string of the molecule is [B]C1CCC(Br)C(Br)CCC(Br)C(Br)CCC1C. The molecule has 18 heavy (non-hydrogen) atoms. The van der Waals surface area contributed by atoms with Gasteiger partial charge in [0.05, 0.1) is 7.85 Å². The van der Waals surface area contributed by atoms with Crippen molar-refractivity contribution < 1.29 is 0 Å². The Hall–Kier alpha value is 1.98. The molecule has 1 aliphatic carbocycles. The van der Waals surface area contributed by atoms with Gasteiger partial charge in [-0.25, -0.2) is 0 Å². The summed E-state index contributed by atoms with van der Waals surface area (Å²) in [5.41, 5.74) is 0. The molecule has 1 fully saturated rings. The van der Waals surface area contributed by atoms with E-state index in [1.807, 2.05) is 0 Å². The van der Waals surface area contributed by atoms with Gasteiger partial charge in [-0.05, 0) is 31.6 Å². The fourth-order valence-electron chi connectivity index (χ4n) is 2.31. The van der Waals surface area contributed by atoms with Crippen LogP contribution in [0.3, 0.4) is 0 Å². The van der Waals surface area contributed by atoms with Crippen molar-refractivity contribution in [2.24, 2.45) is 5.92 Å². The Bertz CT molecular complexity index is 177. The average Bonchev–Trinajstić information content (AvgIpc) is 2.36. The van der Waals surface area contributed by atoms with Crippen molar-refractivity contribution in [3.8, 4) is 0 Å². The molecule has 2 radical (unpaired) electrons. The first-order valence-electron chi connectivity index (χ1n) is 6.73. The third-order valence-corrected chi connectivity index (χ3v) is 9.71. The second-order valence-electron chi connectivity index (χ2n) is 5.44. The number of hydrogen-bond acceptors (Lipinski definition) is 0. The third-order valence-electron chi connectivity index (χ3n) is 3.91. The van der Waals surface area contributed by atoms with Gasteiger partial charge in [-0.15, -0.1) is 0 Å². The molecule has 0 spiro atoms. The highest BCUT2D eigenvalue weighted by molar-refractivity contribution is 9.12. The second kappa shape index (κ2) is 9.09. The zero-order chi connectivity index (χ0) is 13.7. The fraction of sp³-hybridized carbons (Fsp3) is 1.00. The fourth-order valence-corrected chi connectivity index (χ4v) is 4.43. The highest BCUT2D eigenvalue weighted by Crippen LogP contribution is 2.34. The molecule has 5 heteroatoms. The van der Waals surface area contributed by atoms with Gasteiger partial charge in [-0.2, -0.15) is 0 Å². The summed E-state index contributed by atoms with van der Waals surface area (Å²) in [7, 11) is 6.28. The van der Waals surface area contributed by atoms with Crippen molar-refractivity contribution in [1.29, 1.82) is 0 Å². The first-order valence-corrected chi connectivity index (χ1v) is 10.4. The van der Waals surface area contributed by atoms with Crippen LogP contribution in [0.15, 0.2) is 0 Å². The van der Waals surface area contributed by atoms with Gasteiger partial charge in [0.15, 0.2) is 0 Å². The Morgan fingerprint density at radius 1 is 0.667 bits per heavy atom. The summed E-state index contributed by atoms with van der Waals surface area (Å²) < 4.78 is 0. The summed E-state index contributed by atoms with van der Waals surface area (Å²) in [5, 5.41) is 0. The van der Waals surface area contributed by atoms with Gasteiger partial charge >= 0.3 is 0 Å². The van der Waals surface area contributed by atoms with Gasteiger partial charge in [0, 0.05) is 19.3 Å². The highest BCUT2D eigenvalue weighted by atomic mass is 79.9. The molecule has 0 amide bonds. The summed E-state index contributed by atoms with van der Waals surface area (Å²) >= 11 is 15.2. The molecule has 0 N–H and O–H groups in total. The van der Waals surface area contributed by atoms with E-state index in [0.29, 0.717) is 31.0 Å². The lowest BCUT2D eigenvalue weighted by atomic mass is 9.72. The first kappa shape index (κ1) is 18.0. The first-order chi connectivity index (χ1) is 8.41. The maximum Gasteiger partial charge on any atom is 0.0703 e. The molecule has 0 saturated heterocycles. The Morgan fingerprint density at radius 3 is 1.44 bits per heavy atom. The topological polar surface area (TPSA) is 0 Å². The van der Waals surface area contributed by atoms with E-state index < -0.39 is 0 Å². The molecule has 0 aromatic rings. The molecule has 0 heterocycles. The molecule has 0 aromatic carbocycles. The largest absolute Gasteiger partial charge is 0.0879 e. The van der Waals surface area contributed by atoms with E-state index in [-0.39, 0.29) is 0 Å². The highest BCUT2D eigenvalue weighted by Gasteiger charge is 2.24. The summed E-state index contributed by atoms with van der Waals surface area (Å²) in [5.74, 6) is 0.940. The molecule has 6 unspecified atom stereocenters. The molecule has 0 bridgehead atoms. The normalized spacial score (nSPS) is 44.9. The van der Waals surface area contributed by atoms with Crippen molar-refractivity contribution in [1.82, 2.24) is 0 Å². The summed E-state index contributed by atoms with van der Waals surface area (Å²) in [6.07, 6.45) is 7.09. The predicted octanol–water partition coefficient (Wildman–Crippen LogP) is 5.99. The van der Waals surface area contributed by atoms with Gasteiger partial charge in [0.2, 0.25) is 0 Å². The minimum absolute atomic E-state index is 0.331. The van der Waals surface area contributed by atoms with Crippen molar-refractivity contribution in [3.63, 3.8) is 0 Å². The molecule has 0 aromatic heterocycles. The minimum atomic E-state index is 0.331. The Morgan fingerprint density at radius 2 is 1.00 bits per heavy atom. The van der Waals surface area contributed by atoms with E-state index in [1.165, 1.54) is 25.7 Å². The lowest BCUT2D eigenvalue weighted by Crippen LogP contribution is -2.22. The zero-order valence-electron chi connectivity index (χ0n) is 10.8. The van der Waals surface area contributed by atoms with E-state index in [9.17, 15) is 0 Å². The molecule has 104 valence electrons. The van der Waals surface area contributed by atoms with Crippen molar-refractivity contribution in [2.45, 2.75) is 70.6 Å². The molecule has 0 nitrogen and oxygen atoms in total. The smallest absolute Gasteiger partial charge is 0.0703 e. The van der Waals surface area contributed by atoms with Crippen LogP contribution in [0.1, 0.15) is 45.4 Å². The van der Waals surface area contributed by atoms with Crippen molar-refractivity contribution >= 4 is 71.6 Å². The van der Waals surface area contributed by atoms with E-state index in [1.54, 1.807) is 0 Å². The standard InChI is InChI=1S/C13H21BBr4/c1-8-2-4-10(15)12(17)6-7-13(18)11(16)5-3-9(8)14/h8-13H,2-7H2,1H3. The van der Waals surface area contributed by atoms with Gasteiger partial charge in [0.25, 0.3) is 0 Å². The van der Waals surface area contributed by atoms with Crippen molar-refractivity contribution in [2.75, 3.05) is 0 Å². The van der Waals surface area contributed by atoms with Crippen LogP contribution in [0.4, 0.5) is 0 Å². The van der Waals surface area contributed by atoms with Crippen LogP contribution in [-0.4, -0.2) is 27.2 Å². The molecule has 1 rings (SSSR count). The minimum Gasteiger partial charge on any atom is -0.0879 e. The van der Waals surface area contributed by atoms with Crippen LogP contribution in [0, 0.1) is 5.92 Å². The van der Waals surface area contributed by atoms with Gasteiger partial charge in [-0.3, -0.25) is 0 Å². The molecule has 1 aliphatic rings. The molecule has 6 atom stereocenters. The monoisotopic (exact) mass is 504 g/mol. The van der Waals surface area contributed by atoms with E-state index >= 15 is 0 Å². The van der Waals surface area contributed by atoms with Crippen LogP contribution >= 0.6 is 63.7 Å². The van der Waals surface area contributed by atoms with Crippen LogP contribution in [-0.2, 0) is 0 Å². The van der Waals surface area contributed by atoms with E-state index in [0.717, 1.165) is 12.8 Å². The van der Waals surface area contributed by atoms with Crippen LogP contribution in [0.2, 0.25) is 5.82 Å². The zero-order valence-corrected chi connectivity index (χ0v) is 17.1. The van der Waals surface area contributed by atoms with Gasteiger partial charge in [0.1, 0.15) is 0 Å². The number of rotatable bonds is 0. The quantitative estimate of drug-likeness (QED) is 0.279. The lowest BCUT2D eigenvalue weighted by Gasteiger charge is -2.27. The van der Waals surface area contributed by atoms with E-state index in [4.69, 9.17) is 7.85 Å². The Balaban J connectivity index is 2.61. The number of alkyl halides is 4. The number of halogens is 4.